The lowest BCUT2D eigenvalue weighted by Gasteiger charge is -2.26. The maximum Gasteiger partial charge on any atom is 0.211 e. The van der Waals surface area contributed by atoms with Gasteiger partial charge in [-0.1, -0.05) is 0 Å². The van der Waals surface area contributed by atoms with Gasteiger partial charge in [0.05, 0.1) is 19.0 Å². The standard InChI is InChI=1S/C9H21N3O3S/c10-2-1-9-16(13,14)11-3-4-12-5-7-15-8-6-12/h11H,1-10H2. The summed E-state index contributed by atoms with van der Waals surface area (Å²) in [6.07, 6.45) is 0.507. The molecule has 0 aromatic carbocycles. The van der Waals surface area contributed by atoms with E-state index < -0.39 is 10.0 Å². The number of hydrogen-bond acceptors (Lipinski definition) is 5. The highest BCUT2D eigenvalue weighted by molar-refractivity contribution is 7.89. The van der Waals surface area contributed by atoms with Crippen LogP contribution < -0.4 is 10.5 Å². The van der Waals surface area contributed by atoms with Crippen LogP contribution in [0.3, 0.4) is 0 Å². The number of rotatable bonds is 7. The molecular weight excluding hydrogens is 230 g/mol. The average Bonchev–Trinajstić information content (AvgIpc) is 2.28. The van der Waals surface area contributed by atoms with Crippen molar-refractivity contribution < 1.29 is 13.2 Å². The van der Waals surface area contributed by atoms with Crippen molar-refractivity contribution in [3.05, 3.63) is 0 Å². The molecule has 0 radical (unpaired) electrons. The van der Waals surface area contributed by atoms with Gasteiger partial charge in [0.15, 0.2) is 0 Å². The predicted octanol–water partition coefficient (Wildman–Crippen LogP) is -1.41. The molecule has 6 nitrogen and oxygen atoms in total. The molecule has 1 aliphatic rings. The van der Waals surface area contributed by atoms with Crippen molar-refractivity contribution in [2.75, 3.05) is 51.7 Å². The summed E-state index contributed by atoms with van der Waals surface area (Å²) in [5, 5.41) is 0. The minimum Gasteiger partial charge on any atom is -0.379 e. The van der Waals surface area contributed by atoms with E-state index >= 15 is 0 Å². The highest BCUT2D eigenvalue weighted by Crippen LogP contribution is 1.95. The van der Waals surface area contributed by atoms with Gasteiger partial charge in [0, 0.05) is 26.2 Å². The van der Waals surface area contributed by atoms with E-state index in [0.717, 1.165) is 32.8 Å². The fourth-order valence-electron chi connectivity index (χ4n) is 1.53. The summed E-state index contributed by atoms with van der Waals surface area (Å²) in [7, 11) is -3.13. The monoisotopic (exact) mass is 251 g/mol. The van der Waals surface area contributed by atoms with Gasteiger partial charge < -0.3 is 10.5 Å². The fourth-order valence-corrected chi connectivity index (χ4v) is 2.62. The summed E-state index contributed by atoms with van der Waals surface area (Å²) in [6, 6.07) is 0. The molecule has 1 saturated heterocycles. The normalized spacial score (nSPS) is 18.8. The molecule has 16 heavy (non-hydrogen) atoms. The Morgan fingerprint density at radius 2 is 2.00 bits per heavy atom. The third kappa shape index (κ3) is 5.76. The molecule has 0 amide bonds. The molecule has 0 aromatic heterocycles. The van der Waals surface area contributed by atoms with E-state index in [-0.39, 0.29) is 5.75 Å². The smallest absolute Gasteiger partial charge is 0.211 e. The molecule has 1 aliphatic heterocycles. The van der Waals surface area contributed by atoms with Crippen LogP contribution in [0.4, 0.5) is 0 Å². The van der Waals surface area contributed by atoms with Gasteiger partial charge in [0.2, 0.25) is 10.0 Å². The average molecular weight is 251 g/mol. The number of nitrogens with zero attached hydrogens (tertiary/aromatic N) is 1. The first-order chi connectivity index (χ1) is 7.64. The van der Waals surface area contributed by atoms with E-state index in [0.29, 0.717) is 19.5 Å². The highest BCUT2D eigenvalue weighted by Gasteiger charge is 2.12. The summed E-state index contributed by atoms with van der Waals surface area (Å²) in [5.74, 6) is 0.118. The number of nitrogens with one attached hydrogen (secondary N) is 1. The fraction of sp³-hybridized carbons (Fsp3) is 1.00. The summed E-state index contributed by atoms with van der Waals surface area (Å²) in [6.45, 7) is 4.84. The molecule has 0 saturated carbocycles. The quantitative estimate of drug-likeness (QED) is 0.580. The molecule has 0 spiro atoms. The van der Waals surface area contributed by atoms with E-state index in [2.05, 4.69) is 9.62 Å². The number of sulfonamides is 1. The van der Waals surface area contributed by atoms with E-state index in [1.54, 1.807) is 0 Å². The number of morpholine rings is 1. The van der Waals surface area contributed by atoms with E-state index in [1.165, 1.54) is 0 Å². The van der Waals surface area contributed by atoms with Gasteiger partial charge in [0.25, 0.3) is 0 Å². The van der Waals surface area contributed by atoms with Crippen molar-refractivity contribution in [1.29, 1.82) is 0 Å². The molecular formula is C9H21N3O3S. The number of hydrogen-bond donors (Lipinski definition) is 2. The predicted molar refractivity (Wildman–Crippen MR) is 62.7 cm³/mol. The third-order valence-corrected chi connectivity index (χ3v) is 3.94. The molecule has 0 atom stereocenters. The molecule has 1 fully saturated rings. The van der Waals surface area contributed by atoms with Crippen molar-refractivity contribution >= 4 is 10.0 Å². The molecule has 0 aliphatic carbocycles. The van der Waals surface area contributed by atoms with E-state index in [9.17, 15) is 8.42 Å². The van der Waals surface area contributed by atoms with Crippen LogP contribution in [-0.4, -0.2) is 65.0 Å². The molecule has 0 aromatic rings. The lowest BCUT2D eigenvalue weighted by molar-refractivity contribution is 0.0390. The molecule has 1 heterocycles. The zero-order valence-corrected chi connectivity index (χ0v) is 10.3. The number of ether oxygens (including phenoxy) is 1. The van der Waals surface area contributed by atoms with Crippen molar-refractivity contribution in [1.82, 2.24) is 9.62 Å². The molecule has 0 unspecified atom stereocenters. The van der Waals surface area contributed by atoms with Crippen LogP contribution >= 0.6 is 0 Å². The maximum atomic E-state index is 11.4. The van der Waals surface area contributed by atoms with E-state index in [1.807, 2.05) is 0 Å². The van der Waals surface area contributed by atoms with Crippen molar-refractivity contribution in [2.45, 2.75) is 6.42 Å². The first kappa shape index (κ1) is 13.9. The molecule has 3 N–H and O–H groups in total. The summed E-state index contributed by atoms with van der Waals surface area (Å²) in [5.41, 5.74) is 5.27. The van der Waals surface area contributed by atoms with Crippen molar-refractivity contribution in [2.24, 2.45) is 5.73 Å². The Bertz CT molecular complexity index is 276. The second kappa shape index (κ2) is 7.18. The highest BCUT2D eigenvalue weighted by atomic mass is 32.2. The van der Waals surface area contributed by atoms with Crippen LogP contribution in [0.1, 0.15) is 6.42 Å². The molecule has 0 bridgehead atoms. The zero-order chi connectivity index (χ0) is 11.9. The largest absolute Gasteiger partial charge is 0.379 e. The van der Waals surface area contributed by atoms with Crippen molar-refractivity contribution in [3.8, 4) is 0 Å². The topological polar surface area (TPSA) is 84.7 Å². The lowest BCUT2D eigenvalue weighted by Crippen LogP contribution is -2.41. The summed E-state index contributed by atoms with van der Waals surface area (Å²) in [4.78, 5) is 2.19. The first-order valence-corrected chi connectivity index (χ1v) is 7.27. The van der Waals surface area contributed by atoms with Crippen molar-refractivity contribution in [3.63, 3.8) is 0 Å². The minimum atomic E-state index is -3.13. The first-order valence-electron chi connectivity index (χ1n) is 5.61. The van der Waals surface area contributed by atoms with Crippen LogP contribution in [-0.2, 0) is 14.8 Å². The SMILES string of the molecule is NCCCS(=O)(=O)NCCN1CCOCC1. The van der Waals surface area contributed by atoms with E-state index in [4.69, 9.17) is 10.5 Å². The van der Waals surface area contributed by atoms with Crippen LogP contribution in [0.5, 0.6) is 0 Å². The third-order valence-electron chi connectivity index (χ3n) is 2.47. The van der Waals surface area contributed by atoms with Crippen LogP contribution in [0.15, 0.2) is 0 Å². The minimum absolute atomic E-state index is 0.118. The van der Waals surface area contributed by atoms with Gasteiger partial charge in [-0.2, -0.15) is 0 Å². The van der Waals surface area contributed by atoms with Gasteiger partial charge in [-0.15, -0.1) is 0 Å². The van der Waals surface area contributed by atoms with Gasteiger partial charge in [-0.25, -0.2) is 13.1 Å². The molecule has 96 valence electrons. The lowest BCUT2D eigenvalue weighted by atomic mass is 10.4. The Morgan fingerprint density at radius 3 is 2.62 bits per heavy atom. The van der Waals surface area contributed by atoms with Gasteiger partial charge in [-0.3, -0.25) is 4.90 Å². The molecule has 7 heteroatoms. The maximum absolute atomic E-state index is 11.4. The Morgan fingerprint density at radius 1 is 1.31 bits per heavy atom. The van der Waals surface area contributed by atoms with Gasteiger partial charge in [0.1, 0.15) is 0 Å². The van der Waals surface area contributed by atoms with Crippen LogP contribution in [0.2, 0.25) is 0 Å². The Balaban J connectivity index is 2.13. The Hall–Kier alpha value is -0.210. The second-order valence-corrected chi connectivity index (χ2v) is 5.74. The second-order valence-electron chi connectivity index (χ2n) is 3.81. The number of nitrogens with two attached hydrogens (primary N) is 1. The van der Waals surface area contributed by atoms with Gasteiger partial charge >= 0.3 is 0 Å². The molecule has 1 rings (SSSR count). The van der Waals surface area contributed by atoms with Gasteiger partial charge in [-0.05, 0) is 13.0 Å². The Labute approximate surface area is 97.2 Å². The zero-order valence-electron chi connectivity index (χ0n) is 9.52. The summed E-state index contributed by atoms with van der Waals surface area (Å²) >= 11 is 0. The Kier molecular flexibility index (Phi) is 6.22. The van der Waals surface area contributed by atoms with Crippen LogP contribution in [0, 0.1) is 0 Å². The summed E-state index contributed by atoms with van der Waals surface area (Å²) < 4.78 is 30.6. The van der Waals surface area contributed by atoms with Crippen LogP contribution in [0.25, 0.3) is 0 Å².